The van der Waals surface area contributed by atoms with Crippen LogP contribution in [-0.4, -0.2) is 63.3 Å². The normalized spacial score (nSPS) is 18.5. The Morgan fingerprint density at radius 2 is 1.82 bits per heavy atom. The molecule has 2 aromatic carbocycles. The third-order valence-electron chi connectivity index (χ3n) is 5.96. The van der Waals surface area contributed by atoms with Crippen LogP contribution in [0.5, 0.6) is 5.75 Å². The Morgan fingerprint density at radius 3 is 2.55 bits per heavy atom. The van der Waals surface area contributed by atoms with Crippen LogP contribution in [0.4, 0.5) is 4.79 Å². The van der Waals surface area contributed by atoms with Crippen LogP contribution in [0.2, 0.25) is 0 Å². The number of benzene rings is 2. The van der Waals surface area contributed by atoms with Gasteiger partial charge in [-0.15, -0.1) is 0 Å². The minimum atomic E-state index is -0.425. The molecule has 8 heteroatoms. The molecule has 0 unspecified atom stereocenters. The van der Waals surface area contributed by atoms with Crippen LogP contribution < -0.4 is 10.1 Å². The number of ether oxygens (including phenoxy) is 1. The van der Waals surface area contributed by atoms with Gasteiger partial charge in [0.1, 0.15) is 11.8 Å². The number of urea groups is 1. The Kier molecular flexibility index (Phi) is 5.60. The van der Waals surface area contributed by atoms with E-state index in [1.807, 2.05) is 73.1 Å². The summed E-state index contributed by atoms with van der Waals surface area (Å²) in [5.41, 5.74) is 3.94. The van der Waals surface area contributed by atoms with E-state index in [9.17, 15) is 9.59 Å². The monoisotopic (exact) mass is 445 g/mol. The fourth-order valence-electron chi connectivity index (χ4n) is 4.40. The Balaban J connectivity index is 1.44. The molecule has 1 atom stereocenters. The van der Waals surface area contributed by atoms with E-state index < -0.39 is 6.04 Å². The van der Waals surface area contributed by atoms with E-state index in [0.717, 1.165) is 28.3 Å². The number of fused-ring (bicyclic) bond motifs is 1. The molecule has 0 bridgehead atoms. The van der Waals surface area contributed by atoms with Gasteiger partial charge in [0.05, 0.1) is 17.5 Å². The van der Waals surface area contributed by atoms with E-state index in [-0.39, 0.29) is 18.0 Å². The van der Waals surface area contributed by atoms with E-state index >= 15 is 0 Å². The number of para-hydroxylation sites is 1. The van der Waals surface area contributed by atoms with Crippen LogP contribution in [0.1, 0.15) is 19.4 Å². The molecule has 1 N–H and O–H groups in total. The molecular weight excluding hydrogens is 418 g/mol. The number of aromatic nitrogens is 2. The average molecular weight is 446 g/mol. The van der Waals surface area contributed by atoms with Crippen molar-refractivity contribution < 1.29 is 14.3 Å². The number of imide groups is 1. The Labute approximate surface area is 192 Å². The lowest BCUT2D eigenvalue weighted by molar-refractivity contribution is -0.122. The number of hydrogen-bond acceptors (Lipinski definition) is 5. The highest BCUT2D eigenvalue weighted by molar-refractivity contribution is 6.04. The highest BCUT2D eigenvalue weighted by Gasteiger charge is 2.42. The van der Waals surface area contributed by atoms with Crippen molar-refractivity contribution in [3.8, 4) is 22.7 Å². The number of rotatable bonds is 6. The zero-order chi connectivity index (χ0) is 22.9. The van der Waals surface area contributed by atoms with E-state index in [4.69, 9.17) is 9.84 Å². The van der Waals surface area contributed by atoms with Crippen molar-refractivity contribution in [2.45, 2.75) is 32.5 Å². The molecule has 170 valence electrons. The van der Waals surface area contributed by atoms with Gasteiger partial charge in [-0.3, -0.25) is 15.0 Å². The van der Waals surface area contributed by atoms with E-state index in [1.165, 1.54) is 0 Å². The van der Waals surface area contributed by atoms with Crippen molar-refractivity contribution in [1.82, 2.24) is 24.9 Å². The van der Waals surface area contributed by atoms with Gasteiger partial charge in [0.15, 0.2) is 0 Å². The molecule has 3 aromatic rings. The fraction of sp³-hybridized carbons (Fsp3) is 0.320. The highest BCUT2D eigenvalue weighted by atomic mass is 16.5. The number of nitrogens with one attached hydrogen (secondary N) is 1. The Bertz CT molecular complexity index is 1160. The number of nitrogens with zero attached hydrogens (tertiary/aromatic N) is 4. The van der Waals surface area contributed by atoms with Crippen molar-refractivity contribution in [3.05, 3.63) is 66.4 Å². The number of amides is 3. The summed E-state index contributed by atoms with van der Waals surface area (Å²) in [5, 5.41) is 7.32. The Morgan fingerprint density at radius 1 is 1.06 bits per heavy atom. The summed E-state index contributed by atoms with van der Waals surface area (Å²) in [7, 11) is 0. The molecule has 8 nitrogen and oxygen atoms in total. The van der Waals surface area contributed by atoms with Crippen molar-refractivity contribution >= 4 is 11.9 Å². The Hall–Kier alpha value is -3.65. The predicted octanol–water partition coefficient (Wildman–Crippen LogP) is 3.06. The molecule has 2 aliphatic rings. The van der Waals surface area contributed by atoms with Gasteiger partial charge in [-0.1, -0.05) is 18.2 Å². The van der Waals surface area contributed by atoms with E-state index in [0.29, 0.717) is 26.2 Å². The first kappa shape index (κ1) is 21.2. The lowest BCUT2D eigenvalue weighted by Gasteiger charge is -2.35. The molecule has 5 rings (SSSR count). The predicted molar refractivity (Wildman–Crippen MR) is 124 cm³/mol. The maximum atomic E-state index is 12.2. The molecule has 0 aliphatic carbocycles. The molecular formula is C25H27N5O3. The van der Waals surface area contributed by atoms with Gasteiger partial charge >= 0.3 is 6.03 Å². The zero-order valence-corrected chi connectivity index (χ0v) is 18.8. The average Bonchev–Trinajstić information content (AvgIpc) is 3.35. The number of carbonyl (C=O) groups excluding carboxylic acids is 2. The third-order valence-corrected chi connectivity index (χ3v) is 5.96. The number of carbonyl (C=O) groups is 2. The van der Waals surface area contributed by atoms with Gasteiger partial charge in [0, 0.05) is 43.5 Å². The van der Waals surface area contributed by atoms with Crippen LogP contribution in [0, 0.1) is 0 Å². The van der Waals surface area contributed by atoms with Gasteiger partial charge in [-0.25, -0.2) is 9.48 Å². The first-order chi connectivity index (χ1) is 16.0. The number of piperazine rings is 1. The van der Waals surface area contributed by atoms with Crippen molar-refractivity contribution in [2.24, 2.45) is 0 Å². The lowest BCUT2D eigenvalue weighted by Crippen LogP contribution is -2.52. The van der Waals surface area contributed by atoms with Crippen molar-refractivity contribution in [1.29, 1.82) is 0 Å². The molecule has 0 spiro atoms. The van der Waals surface area contributed by atoms with Crippen molar-refractivity contribution in [3.63, 3.8) is 0 Å². The quantitative estimate of drug-likeness (QED) is 0.590. The highest BCUT2D eigenvalue weighted by Crippen LogP contribution is 2.28. The molecule has 2 aliphatic heterocycles. The fourth-order valence-corrected chi connectivity index (χ4v) is 4.40. The maximum Gasteiger partial charge on any atom is 0.324 e. The first-order valence-corrected chi connectivity index (χ1v) is 11.2. The standard InChI is InChI=1S/C25H27N5O3/c1-17(2)33-21-10-8-18(9-11-21)23-19(15-30(27-23)20-6-4-3-5-7-20)14-28-12-13-29-22(16-28)24(31)26-25(29)32/h3-11,15,17,22H,12-14,16H2,1-2H3,(H,26,31,32)/t22-/m0/s1. The summed E-state index contributed by atoms with van der Waals surface area (Å²) in [6.45, 7) is 6.39. The van der Waals surface area contributed by atoms with E-state index in [1.54, 1.807) is 4.90 Å². The van der Waals surface area contributed by atoms with Gasteiger partial charge in [-0.2, -0.15) is 5.10 Å². The summed E-state index contributed by atoms with van der Waals surface area (Å²) in [6.07, 6.45) is 2.16. The molecule has 3 heterocycles. The zero-order valence-electron chi connectivity index (χ0n) is 18.8. The minimum absolute atomic E-state index is 0.113. The van der Waals surface area contributed by atoms with Crippen molar-refractivity contribution in [2.75, 3.05) is 19.6 Å². The molecule has 1 aromatic heterocycles. The number of hydrogen-bond donors (Lipinski definition) is 1. The maximum absolute atomic E-state index is 12.2. The third kappa shape index (κ3) is 4.34. The van der Waals surface area contributed by atoms with Crippen LogP contribution in [-0.2, 0) is 11.3 Å². The smallest absolute Gasteiger partial charge is 0.324 e. The van der Waals surface area contributed by atoms with Crippen LogP contribution in [0.15, 0.2) is 60.8 Å². The first-order valence-electron chi connectivity index (χ1n) is 11.2. The largest absolute Gasteiger partial charge is 0.491 e. The summed E-state index contributed by atoms with van der Waals surface area (Å²) in [6, 6.07) is 17.3. The second-order valence-corrected chi connectivity index (χ2v) is 8.71. The lowest BCUT2D eigenvalue weighted by atomic mass is 10.1. The molecule has 0 saturated carbocycles. The van der Waals surface area contributed by atoms with Gasteiger partial charge in [-0.05, 0) is 50.2 Å². The van der Waals surface area contributed by atoms with Crippen LogP contribution >= 0.6 is 0 Å². The van der Waals surface area contributed by atoms with Gasteiger partial charge < -0.3 is 9.64 Å². The molecule has 2 saturated heterocycles. The molecule has 0 radical (unpaired) electrons. The van der Waals surface area contributed by atoms with Crippen LogP contribution in [0.3, 0.4) is 0 Å². The molecule has 33 heavy (non-hydrogen) atoms. The topological polar surface area (TPSA) is 79.7 Å². The van der Waals surface area contributed by atoms with Crippen LogP contribution in [0.25, 0.3) is 16.9 Å². The molecule has 2 fully saturated rings. The second kappa shape index (κ2) is 8.71. The summed E-state index contributed by atoms with van der Waals surface area (Å²) in [5.74, 6) is 0.608. The minimum Gasteiger partial charge on any atom is -0.491 e. The second-order valence-electron chi connectivity index (χ2n) is 8.71. The summed E-state index contributed by atoms with van der Waals surface area (Å²) >= 11 is 0. The van der Waals surface area contributed by atoms with Gasteiger partial charge in [0.2, 0.25) is 0 Å². The summed E-state index contributed by atoms with van der Waals surface area (Å²) in [4.78, 5) is 27.9. The SMILES string of the molecule is CC(C)Oc1ccc(-c2nn(-c3ccccc3)cc2CN2CCN3C(=O)NC(=O)[C@@H]3C2)cc1. The van der Waals surface area contributed by atoms with Gasteiger partial charge in [0.25, 0.3) is 5.91 Å². The molecule has 3 amide bonds. The summed E-state index contributed by atoms with van der Waals surface area (Å²) < 4.78 is 7.68. The van der Waals surface area contributed by atoms with E-state index in [2.05, 4.69) is 16.4 Å².